The van der Waals surface area contributed by atoms with Crippen molar-refractivity contribution in [2.45, 2.75) is 6.54 Å². The summed E-state index contributed by atoms with van der Waals surface area (Å²) >= 11 is 1.29. The van der Waals surface area contributed by atoms with Crippen molar-refractivity contribution < 1.29 is 9.53 Å². The molecular weight excluding hydrogens is 352 g/mol. The molecule has 0 unspecified atom stereocenters. The summed E-state index contributed by atoms with van der Waals surface area (Å²) in [7, 11) is 1.58. The summed E-state index contributed by atoms with van der Waals surface area (Å²) in [6, 6.07) is 10.7. The molecule has 0 aliphatic rings. The van der Waals surface area contributed by atoms with Gasteiger partial charge in [-0.15, -0.1) is 11.3 Å². The third-order valence-corrected chi connectivity index (χ3v) is 5.00. The maximum atomic E-state index is 12.7. The molecule has 0 bridgehead atoms. The van der Waals surface area contributed by atoms with Crippen molar-refractivity contribution in [2.24, 2.45) is 0 Å². The van der Waals surface area contributed by atoms with Gasteiger partial charge in [0.05, 0.1) is 19.0 Å². The van der Waals surface area contributed by atoms with Gasteiger partial charge in [0.15, 0.2) is 0 Å². The Balaban J connectivity index is 1.60. The van der Waals surface area contributed by atoms with Crippen molar-refractivity contribution in [3.63, 3.8) is 0 Å². The average Bonchev–Trinajstić information content (AvgIpc) is 3.04. The summed E-state index contributed by atoms with van der Waals surface area (Å²) in [6.45, 7) is -0.116. The molecule has 1 N–H and O–H groups in total. The molecule has 3 aromatic heterocycles. The number of benzene rings is 1. The van der Waals surface area contributed by atoms with Crippen molar-refractivity contribution in [3.8, 4) is 5.75 Å². The van der Waals surface area contributed by atoms with Gasteiger partial charge in [0.2, 0.25) is 5.91 Å². The lowest BCUT2D eigenvalue weighted by Crippen LogP contribution is -2.27. The van der Waals surface area contributed by atoms with Crippen molar-refractivity contribution in [3.05, 3.63) is 59.3 Å². The Labute approximate surface area is 151 Å². The average molecular weight is 366 g/mol. The highest BCUT2D eigenvalue weighted by Crippen LogP contribution is 2.27. The smallest absolute Gasteiger partial charge is 0.271 e. The number of thiophene rings is 1. The zero-order valence-corrected chi connectivity index (χ0v) is 14.6. The molecule has 8 heteroatoms. The number of pyridine rings is 1. The molecule has 4 aromatic rings. The number of rotatable bonds is 4. The fraction of sp³-hybridized carbons (Fsp3) is 0.111. The zero-order valence-electron chi connectivity index (χ0n) is 13.8. The number of fused-ring (bicyclic) bond motifs is 3. The summed E-state index contributed by atoms with van der Waals surface area (Å²) in [4.78, 5) is 34.3. The number of aromatic nitrogens is 3. The van der Waals surface area contributed by atoms with Crippen molar-refractivity contribution in [1.82, 2.24) is 14.5 Å². The summed E-state index contributed by atoms with van der Waals surface area (Å²) in [5, 5.41) is 3.60. The minimum Gasteiger partial charge on any atom is -0.497 e. The normalized spacial score (nSPS) is 11.0. The van der Waals surface area contributed by atoms with Crippen LogP contribution in [0.25, 0.3) is 20.4 Å². The molecule has 26 heavy (non-hydrogen) atoms. The molecule has 1 aromatic carbocycles. The number of anilines is 1. The molecule has 0 saturated carbocycles. The SMILES string of the molecule is COc1ccc(NC(=O)Cn2cnc3c(sc4ncccc43)c2=O)cc1. The number of amides is 1. The fourth-order valence-corrected chi connectivity index (χ4v) is 3.69. The Morgan fingerprint density at radius 1 is 1.23 bits per heavy atom. The molecule has 3 heterocycles. The van der Waals surface area contributed by atoms with E-state index in [9.17, 15) is 9.59 Å². The maximum Gasteiger partial charge on any atom is 0.271 e. The van der Waals surface area contributed by atoms with Crippen molar-refractivity contribution in [2.75, 3.05) is 12.4 Å². The zero-order chi connectivity index (χ0) is 18.1. The van der Waals surface area contributed by atoms with Gasteiger partial charge in [-0.3, -0.25) is 14.2 Å². The first-order chi connectivity index (χ1) is 12.7. The molecule has 0 aliphatic carbocycles. The first-order valence-corrected chi connectivity index (χ1v) is 8.64. The predicted octanol–water partition coefficient (Wildman–Crippen LogP) is 2.65. The van der Waals surface area contributed by atoms with Gasteiger partial charge >= 0.3 is 0 Å². The number of nitrogens with zero attached hydrogens (tertiary/aromatic N) is 3. The van der Waals surface area contributed by atoms with Crippen molar-refractivity contribution in [1.29, 1.82) is 0 Å². The van der Waals surface area contributed by atoms with Gasteiger partial charge in [0.1, 0.15) is 21.8 Å². The summed E-state index contributed by atoms with van der Waals surface area (Å²) < 4.78 is 6.88. The van der Waals surface area contributed by atoms with Crippen LogP contribution >= 0.6 is 11.3 Å². The number of hydrogen-bond acceptors (Lipinski definition) is 6. The maximum absolute atomic E-state index is 12.7. The van der Waals surface area contributed by atoms with Crippen LogP contribution in [0.5, 0.6) is 5.75 Å². The highest BCUT2D eigenvalue weighted by molar-refractivity contribution is 7.25. The number of carbonyl (C=O) groups excluding carboxylic acids is 1. The third kappa shape index (κ3) is 2.91. The van der Waals surface area contributed by atoms with E-state index < -0.39 is 0 Å². The van der Waals surface area contributed by atoms with Crippen LogP contribution in [0.1, 0.15) is 0 Å². The molecule has 0 radical (unpaired) electrons. The van der Waals surface area contributed by atoms with Crippen LogP contribution in [-0.4, -0.2) is 27.6 Å². The van der Waals surface area contributed by atoms with Crippen LogP contribution in [0.2, 0.25) is 0 Å². The topological polar surface area (TPSA) is 86.1 Å². The van der Waals surface area contributed by atoms with E-state index in [2.05, 4.69) is 15.3 Å². The second kappa shape index (κ2) is 6.57. The van der Waals surface area contributed by atoms with Crippen molar-refractivity contribution >= 4 is 43.4 Å². The van der Waals surface area contributed by atoms with E-state index in [0.717, 1.165) is 10.2 Å². The van der Waals surface area contributed by atoms with E-state index in [4.69, 9.17) is 4.74 Å². The molecule has 4 rings (SSSR count). The Morgan fingerprint density at radius 3 is 2.81 bits per heavy atom. The first-order valence-electron chi connectivity index (χ1n) is 7.82. The lowest BCUT2D eigenvalue weighted by Gasteiger charge is -2.08. The number of hydrogen-bond donors (Lipinski definition) is 1. The molecule has 0 spiro atoms. The monoisotopic (exact) mass is 366 g/mol. The van der Waals surface area contributed by atoms with E-state index in [1.165, 1.54) is 22.2 Å². The quantitative estimate of drug-likeness (QED) is 0.600. The second-order valence-corrected chi connectivity index (χ2v) is 6.59. The highest BCUT2D eigenvalue weighted by Gasteiger charge is 2.13. The van der Waals surface area contributed by atoms with Crippen LogP contribution in [0.3, 0.4) is 0 Å². The molecule has 130 valence electrons. The molecular formula is C18H14N4O3S. The van der Waals surface area contributed by atoms with Gasteiger partial charge in [0.25, 0.3) is 5.56 Å². The summed E-state index contributed by atoms with van der Waals surface area (Å²) in [5.41, 5.74) is 1.00. The number of nitrogens with one attached hydrogen (secondary N) is 1. The lowest BCUT2D eigenvalue weighted by molar-refractivity contribution is -0.116. The number of carbonyl (C=O) groups is 1. The Kier molecular flexibility index (Phi) is 4.10. The van der Waals surface area contributed by atoms with Crippen LogP contribution in [-0.2, 0) is 11.3 Å². The highest BCUT2D eigenvalue weighted by atomic mass is 32.1. The van der Waals surface area contributed by atoms with Gasteiger partial charge in [-0.1, -0.05) is 0 Å². The van der Waals surface area contributed by atoms with E-state index in [1.807, 2.05) is 12.1 Å². The lowest BCUT2D eigenvalue weighted by atomic mass is 10.3. The van der Waals surface area contributed by atoms with E-state index in [1.54, 1.807) is 37.6 Å². The Bertz CT molecular complexity index is 1160. The predicted molar refractivity (Wildman–Crippen MR) is 101 cm³/mol. The van der Waals surface area contributed by atoms with E-state index >= 15 is 0 Å². The van der Waals surface area contributed by atoms with Gasteiger partial charge in [-0.05, 0) is 36.4 Å². The Hall–Kier alpha value is -3.26. The largest absolute Gasteiger partial charge is 0.497 e. The Morgan fingerprint density at radius 2 is 2.04 bits per heavy atom. The van der Waals surface area contributed by atoms with Gasteiger partial charge in [0, 0.05) is 17.3 Å². The molecule has 0 saturated heterocycles. The standard InChI is InChI=1S/C18H14N4O3S/c1-25-12-6-4-11(5-7-12)21-14(23)9-22-10-20-15-13-3-2-8-19-17(13)26-16(15)18(22)24/h2-8,10H,9H2,1H3,(H,21,23). The fourth-order valence-electron chi connectivity index (χ4n) is 2.65. The second-order valence-electron chi connectivity index (χ2n) is 5.59. The van der Waals surface area contributed by atoms with Crippen LogP contribution < -0.4 is 15.6 Å². The minimum absolute atomic E-state index is 0.116. The summed E-state index contributed by atoms with van der Waals surface area (Å²) in [5.74, 6) is 0.393. The van der Waals surface area contributed by atoms with E-state index in [0.29, 0.717) is 21.7 Å². The van der Waals surface area contributed by atoms with Gasteiger partial charge < -0.3 is 10.1 Å². The molecule has 0 aliphatic heterocycles. The van der Waals surface area contributed by atoms with Gasteiger partial charge in [-0.25, -0.2) is 9.97 Å². The van der Waals surface area contributed by atoms with Crippen LogP contribution in [0.15, 0.2) is 53.7 Å². The first kappa shape index (κ1) is 16.2. The molecule has 1 amide bonds. The third-order valence-electron chi connectivity index (χ3n) is 3.91. The number of ether oxygens (including phenoxy) is 1. The minimum atomic E-state index is -0.308. The van der Waals surface area contributed by atoms with Crippen LogP contribution in [0.4, 0.5) is 5.69 Å². The molecule has 0 atom stereocenters. The summed E-state index contributed by atoms with van der Waals surface area (Å²) in [6.07, 6.45) is 3.08. The molecule has 0 fully saturated rings. The van der Waals surface area contributed by atoms with Crippen LogP contribution in [0, 0.1) is 0 Å². The van der Waals surface area contributed by atoms with E-state index in [-0.39, 0.29) is 18.0 Å². The molecule has 7 nitrogen and oxygen atoms in total. The van der Waals surface area contributed by atoms with Gasteiger partial charge in [-0.2, -0.15) is 0 Å². The number of methoxy groups -OCH3 is 1.